The highest BCUT2D eigenvalue weighted by Gasteiger charge is 2.24. The Morgan fingerprint density at radius 2 is 1.92 bits per heavy atom. The van der Waals surface area contributed by atoms with E-state index in [0.29, 0.717) is 17.0 Å². The predicted octanol–water partition coefficient (Wildman–Crippen LogP) is 2.31. The summed E-state index contributed by atoms with van der Waals surface area (Å²) in [6.45, 7) is 3.21. The van der Waals surface area contributed by atoms with E-state index in [1.54, 1.807) is 45.4 Å². The fourth-order valence-electron chi connectivity index (χ4n) is 2.83. The number of nitrogens with zero attached hydrogens (tertiary/aromatic N) is 2. The molecular weight excluding hydrogens is 354 g/mol. The van der Waals surface area contributed by atoms with Gasteiger partial charge in [-0.25, -0.2) is 13.1 Å². The van der Waals surface area contributed by atoms with Crippen molar-refractivity contribution in [1.29, 1.82) is 0 Å². The summed E-state index contributed by atoms with van der Waals surface area (Å²) in [7, 11) is -2.06. The van der Waals surface area contributed by atoms with Crippen molar-refractivity contribution in [1.82, 2.24) is 14.5 Å². The van der Waals surface area contributed by atoms with Crippen LogP contribution in [0.15, 0.2) is 52.0 Å². The lowest BCUT2D eigenvalue weighted by molar-refractivity contribution is 0.182. The van der Waals surface area contributed by atoms with Gasteiger partial charge in [0.15, 0.2) is 0 Å². The third kappa shape index (κ3) is 3.57. The van der Waals surface area contributed by atoms with E-state index < -0.39 is 16.1 Å². The molecule has 0 radical (unpaired) electrons. The average molecular weight is 375 g/mol. The van der Waals surface area contributed by atoms with Gasteiger partial charge >= 0.3 is 0 Å². The normalized spacial score (nSPS) is 13.1. The predicted molar refractivity (Wildman–Crippen MR) is 97.0 cm³/mol. The number of aromatic nitrogens is 2. The zero-order valence-electron chi connectivity index (χ0n) is 14.8. The summed E-state index contributed by atoms with van der Waals surface area (Å²) >= 11 is 0. The molecule has 138 valence electrons. The minimum absolute atomic E-state index is 0.129. The lowest BCUT2D eigenvalue weighted by Crippen LogP contribution is -2.29. The number of aryl methyl sites for hydroxylation is 2. The van der Waals surface area contributed by atoms with Crippen molar-refractivity contribution in [3.05, 3.63) is 59.6 Å². The fraction of sp³-hybridized carbons (Fsp3) is 0.278. The average Bonchev–Trinajstić information content (AvgIpc) is 3.22. The van der Waals surface area contributed by atoms with E-state index in [2.05, 4.69) is 9.82 Å². The van der Waals surface area contributed by atoms with Crippen molar-refractivity contribution >= 4 is 10.0 Å². The van der Waals surface area contributed by atoms with Crippen LogP contribution in [0.25, 0.3) is 11.3 Å². The minimum atomic E-state index is -3.76. The van der Waals surface area contributed by atoms with Gasteiger partial charge in [0.25, 0.3) is 0 Å². The second-order valence-electron chi connectivity index (χ2n) is 6.09. The monoisotopic (exact) mass is 375 g/mol. The first-order chi connectivity index (χ1) is 12.3. The minimum Gasteiger partial charge on any atom is -0.464 e. The molecule has 1 unspecified atom stereocenters. The van der Waals surface area contributed by atoms with E-state index in [0.717, 1.165) is 11.3 Å². The first kappa shape index (κ1) is 18.4. The Morgan fingerprint density at radius 3 is 2.46 bits per heavy atom. The highest BCUT2D eigenvalue weighted by atomic mass is 32.2. The molecule has 2 aromatic heterocycles. The molecule has 8 heteroatoms. The van der Waals surface area contributed by atoms with Gasteiger partial charge in [0, 0.05) is 19.2 Å². The van der Waals surface area contributed by atoms with Gasteiger partial charge in [0.05, 0.1) is 23.8 Å². The smallest absolute Gasteiger partial charge is 0.244 e. The van der Waals surface area contributed by atoms with Crippen molar-refractivity contribution < 1.29 is 17.9 Å². The molecule has 7 nitrogen and oxygen atoms in total. The number of furan rings is 1. The summed E-state index contributed by atoms with van der Waals surface area (Å²) in [6.07, 6.45) is 0.627. The molecule has 0 aliphatic heterocycles. The number of hydrogen-bond donors (Lipinski definition) is 2. The molecule has 0 saturated carbocycles. The first-order valence-corrected chi connectivity index (χ1v) is 9.59. The van der Waals surface area contributed by atoms with E-state index >= 15 is 0 Å². The Labute approximate surface area is 152 Å². The Hall–Kier alpha value is -2.42. The highest BCUT2D eigenvalue weighted by Crippen LogP contribution is 2.23. The molecule has 3 rings (SSSR count). The SMILES string of the molecule is Cc1nn(C)c(C)c1S(=O)(=O)NCC(O)c1ccc(-c2ccco2)cc1. The van der Waals surface area contributed by atoms with Crippen LogP contribution < -0.4 is 4.72 Å². The number of aliphatic hydroxyl groups is 1. The van der Waals surface area contributed by atoms with E-state index in [4.69, 9.17) is 4.42 Å². The van der Waals surface area contributed by atoms with E-state index in [9.17, 15) is 13.5 Å². The molecule has 0 aliphatic carbocycles. The second-order valence-corrected chi connectivity index (χ2v) is 7.79. The van der Waals surface area contributed by atoms with Crippen molar-refractivity contribution in [3.63, 3.8) is 0 Å². The molecule has 0 bridgehead atoms. The molecule has 0 fully saturated rings. The molecule has 1 aromatic carbocycles. The van der Waals surface area contributed by atoms with E-state index in [-0.39, 0.29) is 11.4 Å². The van der Waals surface area contributed by atoms with Crippen molar-refractivity contribution in [2.45, 2.75) is 24.8 Å². The van der Waals surface area contributed by atoms with Gasteiger partial charge in [0.2, 0.25) is 10.0 Å². The lowest BCUT2D eigenvalue weighted by atomic mass is 10.1. The van der Waals surface area contributed by atoms with Crippen molar-refractivity contribution in [2.75, 3.05) is 6.54 Å². The molecule has 1 atom stereocenters. The third-order valence-electron chi connectivity index (χ3n) is 4.28. The third-order valence-corrected chi connectivity index (χ3v) is 5.95. The van der Waals surface area contributed by atoms with Gasteiger partial charge in [0.1, 0.15) is 10.7 Å². The van der Waals surface area contributed by atoms with Gasteiger partial charge in [-0.05, 0) is 31.5 Å². The maximum Gasteiger partial charge on any atom is 0.244 e. The second kappa shape index (κ2) is 7.06. The molecule has 0 spiro atoms. The van der Waals surface area contributed by atoms with Gasteiger partial charge in [-0.15, -0.1) is 0 Å². The van der Waals surface area contributed by atoms with Crippen LogP contribution >= 0.6 is 0 Å². The van der Waals surface area contributed by atoms with Gasteiger partial charge in [-0.3, -0.25) is 4.68 Å². The zero-order chi connectivity index (χ0) is 18.9. The maximum absolute atomic E-state index is 12.5. The van der Waals surface area contributed by atoms with Crippen LogP contribution in [-0.2, 0) is 17.1 Å². The zero-order valence-corrected chi connectivity index (χ0v) is 15.6. The van der Waals surface area contributed by atoms with Crippen LogP contribution in [0.3, 0.4) is 0 Å². The fourth-order valence-corrected chi connectivity index (χ4v) is 4.31. The Kier molecular flexibility index (Phi) is 4.99. The van der Waals surface area contributed by atoms with Gasteiger partial charge in [-0.1, -0.05) is 24.3 Å². The summed E-state index contributed by atoms with van der Waals surface area (Å²) < 4.78 is 34.4. The Balaban J connectivity index is 1.71. The van der Waals surface area contributed by atoms with Crippen LogP contribution in [0.2, 0.25) is 0 Å². The summed E-state index contributed by atoms with van der Waals surface area (Å²) in [5.74, 6) is 0.731. The molecule has 0 amide bonds. The van der Waals surface area contributed by atoms with Crippen LogP contribution in [-0.4, -0.2) is 29.8 Å². The topological polar surface area (TPSA) is 97.4 Å². The largest absolute Gasteiger partial charge is 0.464 e. The highest BCUT2D eigenvalue weighted by molar-refractivity contribution is 7.89. The molecule has 3 aromatic rings. The Morgan fingerprint density at radius 1 is 1.23 bits per heavy atom. The molecule has 0 saturated heterocycles. The molecule has 2 N–H and O–H groups in total. The number of benzene rings is 1. The first-order valence-electron chi connectivity index (χ1n) is 8.11. The molecule has 0 aliphatic rings. The standard InChI is InChI=1S/C18H21N3O4S/c1-12-18(13(2)21(3)20-12)26(23,24)19-11-16(22)14-6-8-15(9-7-14)17-5-4-10-25-17/h4-10,16,19,22H,11H2,1-3H3. The van der Waals surface area contributed by atoms with Crippen LogP contribution in [0.4, 0.5) is 0 Å². The Bertz CT molecular complexity index is 990. The summed E-state index contributed by atoms with van der Waals surface area (Å²) in [5.41, 5.74) is 2.47. The van der Waals surface area contributed by atoms with Gasteiger partial charge in [-0.2, -0.15) is 5.10 Å². The number of nitrogens with one attached hydrogen (secondary N) is 1. The van der Waals surface area contributed by atoms with E-state index in [1.807, 2.05) is 18.2 Å². The summed E-state index contributed by atoms with van der Waals surface area (Å²) in [5, 5.41) is 14.4. The molecular formula is C18H21N3O4S. The summed E-state index contributed by atoms with van der Waals surface area (Å²) in [6, 6.07) is 10.8. The molecule has 2 heterocycles. The maximum atomic E-state index is 12.5. The van der Waals surface area contributed by atoms with Crippen LogP contribution in [0, 0.1) is 13.8 Å². The number of rotatable bonds is 6. The number of aliphatic hydroxyl groups excluding tert-OH is 1. The van der Waals surface area contributed by atoms with Crippen molar-refractivity contribution in [2.24, 2.45) is 7.05 Å². The van der Waals surface area contributed by atoms with Crippen LogP contribution in [0.1, 0.15) is 23.1 Å². The van der Waals surface area contributed by atoms with E-state index in [1.165, 1.54) is 4.68 Å². The van der Waals surface area contributed by atoms with Crippen LogP contribution in [0.5, 0.6) is 0 Å². The number of hydrogen-bond acceptors (Lipinski definition) is 5. The summed E-state index contributed by atoms with van der Waals surface area (Å²) in [4.78, 5) is 0.153. The lowest BCUT2D eigenvalue weighted by Gasteiger charge is -2.13. The quantitative estimate of drug-likeness (QED) is 0.689. The molecule has 26 heavy (non-hydrogen) atoms. The van der Waals surface area contributed by atoms with Gasteiger partial charge < -0.3 is 9.52 Å². The van der Waals surface area contributed by atoms with Crippen molar-refractivity contribution in [3.8, 4) is 11.3 Å². The number of sulfonamides is 1.